The minimum absolute atomic E-state index is 0.109. The van der Waals surface area contributed by atoms with Crippen molar-refractivity contribution in [3.8, 4) is 11.5 Å². The predicted octanol–water partition coefficient (Wildman–Crippen LogP) is 3.37. The summed E-state index contributed by atoms with van der Waals surface area (Å²) in [6.07, 6.45) is 4.47. The number of benzene rings is 1. The van der Waals surface area contributed by atoms with Crippen molar-refractivity contribution < 1.29 is 18.6 Å². The van der Waals surface area contributed by atoms with Gasteiger partial charge in [-0.05, 0) is 55.0 Å². The van der Waals surface area contributed by atoms with Crippen LogP contribution >= 0.6 is 0 Å². The van der Waals surface area contributed by atoms with Crippen LogP contribution in [-0.4, -0.2) is 21.0 Å². The van der Waals surface area contributed by atoms with Crippen LogP contribution in [0.25, 0.3) is 11.5 Å². The first-order valence-electron chi connectivity index (χ1n) is 8.11. The van der Waals surface area contributed by atoms with E-state index in [1.165, 1.54) is 23.6 Å². The zero-order valence-corrected chi connectivity index (χ0v) is 13.6. The Morgan fingerprint density at radius 2 is 1.88 bits per heavy atom. The summed E-state index contributed by atoms with van der Waals surface area (Å²) in [6.45, 7) is 0. The lowest BCUT2D eigenvalue weighted by atomic mass is 9.90. The number of carbonyl (C=O) groups is 1. The van der Waals surface area contributed by atoms with E-state index in [0.717, 1.165) is 30.9 Å². The first-order valence-corrected chi connectivity index (χ1v) is 8.11. The number of amides is 1. The average molecular weight is 354 g/mol. The van der Waals surface area contributed by atoms with Crippen LogP contribution in [0.5, 0.6) is 0 Å². The van der Waals surface area contributed by atoms with Gasteiger partial charge in [-0.3, -0.25) is 20.2 Å². The summed E-state index contributed by atoms with van der Waals surface area (Å²) < 4.78 is 10.3. The van der Waals surface area contributed by atoms with Crippen molar-refractivity contribution in [2.24, 2.45) is 0 Å². The Labute approximate surface area is 147 Å². The highest BCUT2D eigenvalue weighted by atomic mass is 16.6. The summed E-state index contributed by atoms with van der Waals surface area (Å²) in [5.41, 5.74) is 3.40. The van der Waals surface area contributed by atoms with E-state index in [1.807, 2.05) is 12.1 Å². The number of fused-ring (bicyclic) bond motifs is 1. The minimum Gasteiger partial charge on any atom is -0.403 e. The minimum atomic E-state index is -0.725. The molecule has 1 N–H and O–H groups in total. The van der Waals surface area contributed by atoms with Gasteiger partial charge >= 0.3 is 11.9 Å². The summed E-state index contributed by atoms with van der Waals surface area (Å²) >= 11 is 0. The molecular weight excluding hydrogens is 340 g/mol. The molecule has 1 aromatic carbocycles. The lowest BCUT2D eigenvalue weighted by Crippen LogP contribution is -2.11. The second kappa shape index (κ2) is 6.43. The molecule has 1 aliphatic carbocycles. The fraction of sp³-hybridized carbons (Fsp3) is 0.235. The Hall–Kier alpha value is -3.49. The van der Waals surface area contributed by atoms with E-state index in [4.69, 9.17) is 8.83 Å². The fourth-order valence-electron chi connectivity index (χ4n) is 2.96. The number of aromatic nitrogens is 2. The Morgan fingerprint density at radius 3 is 2.65 bits per heavy atom. The van der Waals surface area contributed by atoms with Gasteiger partial charge in [-0.2, -0.15) is 0 Å². The van der Waals surface area contributed by atoms with Crippen LogP contribution in [0.15, 0.2) is 39.2 Å². The van der Waals surface area contributed by atoms with Gasteiger partial charge in [-0.1, -0.05) is 11.2 Å². The number of anilines is 1. The van der Waals surface area contributed by atoms with E-state index >= 15 is 0 Å². The Bertz CT molecular complexity index is 991. The molecule has 0 radical (unpaired) electrons. The Morgan fingerprint density at radius 1 is 1.08 bits per heavy atom. The summed E-state index contributed by atoms with van der Waals surface area (Å²) in [6, 6.07) is 8.20. The van der Waals surface area contributed by atoms with E-state index in [0.29, 0.717) is 5.89 Å². The molecule has 4 rings (SSSR count). The summed E-state index contributed by atoms with van der Waals surface area (Å²) in [4.78, 5) is 21.9. The number of nitro groups is 1. The van der Waals surface area contributed by atoms with Gasteiger partial charge in [0.15, 0.2) is 5.76 Å². The molecule has 0 fully saturated rings. The molecule has 9 nitrogen and oxygen atoms in total. The van der Waals surface area contributed by atoms with Crippen molar-refractivity contribution in [3.05, 3.63) is 57.3 Å². The SMILES string of the molecule is O=C(Nc1nnc(-c2ccc3c(c2)CCCC3)o1)c1ccc([N+](=O)[O-])o1. The number of aryl methyl sites for hydroxylation is 2. The zero-order chi connectivity index (χ0) is 18.1. The number of nitrogens with one attached hydrogen (secondary N) is 1. The van der Waals surface area contributed by atoms with E-state index in [-0.39, 0.29) is 11.8 Å². The molecule has 132 valence electrons. The molecule has 0 spiro atoms. The Balaban J connectivity index is 1.50. The van der Waals surface area contributed by atoms with Crippen molar-refractivity contribution in [2.45, 2.75) is 25.7 Å². The molecule has 0 saturated heterocycles. The average Bonchev–Trinajstić information content (AvgIpc) is 3.31. The van der Waals surface area contributed by atoms with E-state index in [9.17, 15) is 14.9 Å². The molecule has 1 amide bonds. The standard InChI is InChI=1S/C17H14N4O5/c22-15(13-7-8-14(25-13)21(23)24)18-17-20-19-16(26-17)12-6-5-10-3-1-2-4-11(10)9-12/h5-9H,1-4H2,(H,18,20,22). The van der Waals surface area contributed by atoms with Gasteiger partial charge in [0, 0.05) is 5.56 Å². The maximum absolute atomic E-state index is 12.0. The molecule has 1 aliphatic rings. The second-order valence-electron chi connectivity index (χ2n) is 5.95. The van der Waals surface area contributed by atoms with Gasteiger partial charge in [0.1, 0.15) is 4.92 Å². The molecule has 2 aromatic heterocycles. The molecule has 2 heterocycles. The van der Waals surface area contributed by atoms with Gasteiger partial charge in [0.05, 0.1) is 6.07 Å². The number of hydrogen-bond donors (Lipinski definition) is 1. The van der Waals surface area contributed by atoms with Gasteiger partial charge in [0.2, 0.25) is 5.89 Å². The van der Waals surface area contributed by atoms with Crippen molar-refractivity contribution in [3.63, 3.8) is 0 Å². The van der Waals surface area contributed by atoms with Crippen LogP contribution in [0.4, 0.5) is 11.9 Å². The summed E-state index contributed by atoms with van der Waals surface area (Å²) in [5, 5.41) is 20.7. The third kappa shape index (κ3) is 3.06. The molecule has 0 unspecified atom stereocenters. The van der Waals surface area contributed by atoms with Gasteiger partial charge in [-0.15, -0.1) is 5.10 Å². The number of carbonyl (C=O) groups excluding carboxylic acids is 1. The monoisotopic (exact) mass is 354 g/mol. The molecule has 9 heteroatoms. The van der Waals surface area contributed by atoms with Crippen LogP contribution in [0.2, 0.25) is 0 Å². The fourth-order valence-corrected chi connectivity index (χ4v) is 2.96. The van der Waals surface area contributed by atoms with Crippen molar-refractivity contribution >= 4 is 17.8 Å². The Kier molecular flexibility index (Phi) is 3.96. The number of furan rings is 1. The quantitative estimate of drug-likeness (QED) is 0.562. The van der Waals surface area contributed by atoms with Gasteiger partial charge in [-0.25, -0.2) is 0 Å². The highest BCUT2D eigenvalue weighted by Crippen LogP contribution is 2.27. The molecular formula is C17H14N4O5. The lowest BCUT2D eigenvalue weighted by molar-refractivity contribution is -0.402. The van der Waals surface area contributed by atoms with Crippen LogP contribution in [0, 0.1) is 10.1 Å². The first kappa shape index (κ1) is 16.0. The van der Waals surface area contributed by atoms with Gasteiger partial charge in [0.25, 0.3) is 5.91 Å². The molecule has 0 aliphatic heterocycles. The highest BCUT2D eigenvalue weighted by molar-refractivity contribution is 6.01. The summed E-state index contributed by atoms with van der Waals surface area (Å²) in [5.74, 6) is -1.15. The van der Waals surface area contributed by atoms with Crippen molar-refractivity contribution in [1.82, 2.24) is 10.2 Å². The van der Waals surface area contributed by atoms with Crippen LogP contribution < -0.4 is 5.32 Å². The highest BCUT2D eigenvalue weighted by Gasteiger charge is 2.20. The number of hydrogen-bond acceptors (Lipinski definition) is 7. The maximum Gasteiger partial charge on any atom is 0.433 e. The van der Waals surface area contributed by atoms with E-state index < -0.39 is 16.7 Å². The summed E-state index contributed by atoms with van der Waals surface area (Å²) in [7, 11) is 0. The normalized spacial score (nSPS) is 13.2. The lowest BCUT2D eigenvalue weighted by Gasteiger charge is -2.15. The maximum atomic E-state index is 12.0. The van der Waals surface area contributed by atoms with E-state index in [1.54, 1.807) is 0 Å². The molecule has 26 heavy (non-hydrogen) atoms. The largest absolute Gasteiger partial charge is 0.433 e. The van der Waals surface area contributed by atoms with Crippen LogP contribution in [0.3, 0.4) is 0 Å². The smallest absolute Gasteiger partial charge is 0.403 e. The zero-order valence-electron chi connectivity index (χ0n) is 13.6. The predicted molar refractivity (Wildman–Crippen MR) is 89.7 cm³/mol. The number of nitrogens with zero attached hydrogens (tertiary/aromatic N) is 3. The van der Waals surface area contributed by atoms with Gasteiger partial charge < -0.3 is 8.83 Å². The second-order valence-corrected chi connectivity index (χ2v) is 5.95. The topological polar surface area (TPSA) is 124 Å². The molecule has 0 atom stereocenters. The third-order valence-corrected chi connectivity index (χ3v) is 4.24. The molecule has 0 saturated carbocycles. The van der Waals surface area contributed by atoms with Crippen LogP contribution in [-0.2, 0) is 12.8 Å². The van der Waals surface area contributed by atoms with Crippen LogP contribution in [0.1, 0.15) is 34.5 Å². The van der Waals surface area contributed by atoms with Crippen molar-refractivity contribution in [1.29, 1.82) is 0 Å². The van der Waals surface area contributed by atoms with Crippen molar-refractivity contribution in [2.75, 3.05) is 5.32 Å². The number of rotatable bonds is 4. The third-order valence-electron chi connectivity index (χ3n) is 4.24. The van der Waals surface area contributed by atoms with E-state index in [2.05, 4.69) is 21.6 Å². The molecule has 3 aromatic rings. The first-order chi connectivity index (χ1) is 12.6. The molecule has 0 bridgehead atoms.